The molecule has 1 rings (SSSR count). The lowest BCUT2D eigenvalue weighted by atomic mass is 10.1. The Labute approximate surface area is 107 Å². The molecule has 1 aromatic rings. The summed E-state index contributed by atoms with van der Waals surface area (Å²) in [7, 11) is 3.90. The fraction of sp³-hybridized carbons (Fsp3) is 0.462. The van der Waals surface area contributed by atoms with E-state index in [0.717, 1.165) is 11.3 Å². The molecule has 100 valence electrons. The molecule has 18 heavy (non-hydrogen) atoms. The molecule has 0 aromatic heterocycles. The predicted molar refractivity (Wildman–Crippen MR) is 70.8 cm³/mol. The van der Waals surface area contributed by atoms with Crippen LogP contribution in [0.3, 0.4) is 0 Å². The second-order valence-corrected chi connectivity index (χ2v) is 4.10. The number of nitrogens with one attached hydrogen (secondary N) is 1. The van der Waals surface area contributed by atoms with Crippen molar-refractivity contribution in [2.75, 3.05) is 32.1 Å². The summed E-state index contributed by atoms with van der Waals surface area (Å²) in [6, 6.07) is 7.52. The normalized spacial score (nSPS) is 11.8. The number of benzene rings is 1. The quantitative estimate of drug-likeness (QED) is 0.834. The second kappa shape index (κ2) is 6.86. The zero-order valence-electron chi connectivity index (χ0n) is 11.0. The number of aliphatic hydroxyl groups excluding tert-OH is 1. The summed E-state index contributed by atoms with van der Waals surface area (Å²) >= 11 is 0. The van der Waals surface area contributed by atoms with E-state index in [1.165, 1.54) is 0 Å². The molecule has 0 radical (unpaired) electrons. The number of rotatable bonds is 5. The number of anilines is 1. The first-order chi connectivity index (χ1) is 8.54. The minimum atomic E-state index is -0.731. The minimum Gasteiger partial charge on any atom is -0.450 e. The van der Waals surface area contributed by atoms with E-state index in [-0.39, 0.29) is 6.54 Å². The Kier molecular flexibility index (Phi) is 5.45. The van der Waals surface area contributed by atoms with Crippen LogP contribution in [0.25, 0.3) is 0 Å². The molecule has 2 N–H and O–H groups in total. The molecular formula is C13H20N2O3. The summed E-state index contributed by atoms with van der Waals surface area (Å²) in [6.07, 6.45) is -1.24. The van der Waals surface area contributed by atoms with Crippen molar-refractivity contribution >= 4 is 11.8 Å². The van der Waals surface area contributed by atoms with Gasteiger partial charge < -0.3 is 20.1 Å². The molecule has 0 saturated heterocycles. The average molecular weight is 252 g/mol. The highest BCUT2D eigenvalue weighted by atomic mass is 16.5. The van der Waals surface area contributed by atoms with Gasteiger partial charge in [-0.25, -0.2) is 4.79 Å². The van der Waals surface area contributed by atoms with Gasteiger partial charge in [0.2, 0.25) is 0 Å². The summed E-state index contributed by atoms with van der Waals surface area (Å²) in [6.45, 7) is 2.19. The summed E-state index contributed by atoms with van der Waals surface area (Å²) < 4.78 is 4.71. The number of aliphatic hydroxyl groups is 1. The van der Waals surface area contributed by atoms with E-state index in [0.29, 0.717) is 6.61 Å². The first-order valence-electron chi connectivity index (χ1n) is 5.90. The monoisotopic (exact) mass is 252 g/mol. The minimum absolute atomic E-state index is 0.139. The number of carbonyl (C=O) groups excluding carboxylic acids is 1. The Morgan fingerprint density at radius 2 is 2.00 bits per heavy atom. The van der Waals surface area contributed by atoms with Crippen LogP contribution in [0.5, 0.6) is 0 Å². The lowest BCUT2D eigenvalue weighted by molar-refractivity contribution is 0.135. The third-order valence-corrected chi connectivity index (χ3v) is 2.51. The number of carbonyl (C=O) groups is 1. The molecule has 1 atom stereocenters. The van der Waals surface area contributed by atoms with Gasteiger partial charge in [-0.05, 0) is 24.6 Å². The Morgan fingerprint density at radius 1 is 1.39 bits per heavy atom. The van der Waals surface area contributed by atoms with Crippen molar-refractivity contribution in [2.24, 2.45) is 0 Å². The second-order valence-electron chi connectivity index (χ2n) is 4.10. The molecule has 5 heteroatoms. The largest absolute Gasteiger partial charge is 0.450 e. The van der Waals surface area contributed by atoms with Gasteiger partial charge >= 0.3 is 6.09 Å². The maximum atomic E-state index is 11.1. The van der Waals surface area contributed by atoms with Crippen LogP contribution in [-0.4, -0.2) is 38.4 Å². The molecular weight excluding hydrogens is 232 g/mol. The number of nitrogens with zero attached hydrogens (tertiary/aromatic N) is 1. The van der Waals surface area contributed by atoms with E-state index < -0.39 is 12.2 Å². The Hall–Kier alpha value is -1.75. The Balaban J connectivity index is 2.51. The van der Waals surface area contributed by atoms with Crippen LogP contribution < -0.4 is 10.2 Å². The molecule has 0 fully saturated rings. The Morgan fingerprint density at radius 3 is 2.50 bits per heavy atom. The van der Waals surface area contributed by atoms with E-state index in [9.17, 15) is 9.90 Å². The average Bonchev–Trinajstić information content (AvgIpc) is 2.36. The van der Waals surface area contributed by atoms with Crippen molar-refractivity contribution in [3.05, 3.63) is 29.8 Å². The fourth-order valence-electron chi connectivity index (χ4n) is 1.47. The van der Waals surface area contributed by atoms with Crippen LogP contribution in [0.1, 0.15) is 18.6 Å². The molecule has 0 aliphatic rings. The number of hydrogen-bond donors (Lipinski definition) is 2. The highest BCUT2D eigenvalue weighted by Crippen LogP contribution is 2.17. The molecule has 5 nitrogen and oxygen atoms in total. The maximum Gasteiger partial charge on any atom is 0.407 e. The first kappa shape index (κ1) is 14.3. The SMILES string of the molecule is CCOC(=O)NC[C@@H](O)c1ccc(N(C)C)cc1. The molecule has 0 heterocycles. The van der Waals surface area contributed by atoms with Crippen LogP contribution in [0.4, 0.5) is 10.5 Å². The van der Waals surface area contributed by atoms with Crippen LogP contribution >= 0.6 is 0 Å². The van der Waals surface area contributed by atoms with Crippen molar-refractivity contribution in [1.29, 1.82) is 0 Å². The maximum absolute atomic E-state index is 11.1. The summed E-state index contributed by atoms with van der Waals surface area (Å²) in [5.41, 5.74) is 1.82. The number of alkyl carbamates (subject to hydrolysis) is 1. The van der Waals surface area contributed by atoms with Gasteiger partial charge in [-0.15, -0.1) is 0 Å². The highest BCUT2D eigenvalue weighted by molar-refractivity contribution is 5.67. The molecule has 0 saturated carbocycles. The zero-order valence-corrected chi connectivity index (χ0v) is 11.0. The van der Waals surface area contributed by atoms with Crippen molar-refractivity contribution < 1.29 is 14.6 Å². The highest BCUT2D eigenvalue weighted by Gasteiger charge is 2.09. The first-order valence-corrected chi connectivity index (χ1v) is 5.90. The van der Waals surface area contributed by atoms with Crippen molar-refractivity contribution in [2.45, 2.75) is 13.0 Å². The van der Waals surface area contributed by atoms with Gasteiger partial charge in [0, 0.05) is 19.8 Å². The number of ether oxygens (including phenoxy) is 1. The third kappa shape index (κ3) is 4.25. The zero-order chi connectivity index (χ0) is 13.5. The van der Waals surface area contributed by atoms with Gasteiger partial charge in [-0.3, -0.25) is 0 Å². The van der Waals surface area contributed by atoms with Crippen molar-refractivity contribution in [3.8, 4) is 0 Å². The molecule has 0 bridgehead atoms. The third-order valence-electron chi connectivity index (χ3n) is 2.51. The molecule has 1 aromatic carbocycles. The molecule has 0 unspecified atom stereocenters. The Bertz CT molecular complexity index is 376. The summed E-state index contributed by atoms with van der Waals surface area (Å²) in [5, 5.41) is 12.4. The lowest BCUT2D eigenvalue weighted by Gasteiger charge is -2.15. The topological polar surface area (TPSA) is 61.8 Å². The van der Waals surface area contributed by atoms with Gasteiger partial charge in [-0.1, -0.05) is 12.1 Å². The summed E-state index contributed by atoms with van der Waals surface area (Å²) in [5.74, 6) is 0. The molecule has 0 aliphatic heterocycles. The van der Waals surface area contributed by atoms with Crippen molar-refractivity contribution in [3.63, 3.8) is 0 Å². The van der Waals surface area contributed by atoms with Gasteiger partial charge in [0.1, 0.15) is 0 Å². The molecule has 0 aliphatic carbocycles. The summed E-state index contributed by atoms with van der Waals surface area (Å²) in [4.78, 5) is 13.1. The smallest absolute Gasteiger partial charge is 0.407 e. The van der Waals surface area contributed by atoms with Gasteiger partial charge in [0.05, 0.1) is 19.3 Å². The van der Waals surface area contributed by atoms with Gasteiger partial charge in [0.25, 0.3) is 0 Å². The molecule has 0 spiro atoms. The van der Waals surface area contributed by atoms with Crippen LogP contribution in [0, 0.1) is 0 Å². The van der Waals surface area contributed by atoms with Crippen LogP contribution in [-0.2, 0) is 4.74 Å². The van der Waals surface area contributed by atoms with E-state index >= 15 is 0 Å². The van der Waals surface area contributed by atoms with E-state index in [1.807, 2.05) is 43.3 Å². The fourth-order valence-corrected chi connectivity index (χ4v) is 1.47. The van der Waals surface area contributed by atoms with Crippen LogP contribution in [0.2, 0.25) is 0 Å². The van der Waals surface area contributed by atoms with Gasteiger partial charge in [0.15, 0.2) is 0 Å². The number of hydrogen-bond acceptors (Lipinski definition) is 4. The predicted octanol–water partition coefficient (Wildman–Crippen LogP) is 1.53. The van der Waals surface area contributed by atoms with Crippen molar-refractivity contribution in [1.82, 2.24) is 5.32 Å². The number of amides is 1. The van der Waals surface area contributed by atoms with E-state index in [1.54, 1.807) is 6.92 Å². The molecule has 1 amide bonds. The lowest BCUT2D eigenvalue weighted by Crippen LogP contribution is -2.28. The van der Waals surface area contributed by atoms with E-state index in [4.69, 9.17) is 4.74 Å². The van der Waals surface area contributed by atoms with Gasteiger partial charge in [-0.2, -0.15) is 0 Å². The standard InChI is InChI=1S/C13H20N2O3/c1-4-18-13(17)14-9-12(16)10-5-7-11(8-6-10)15(2)3/h5-8,12,16H,4,9H2,1-3H3,(H,14,17)/t12-/m1/s1. The van der Waals surface area contributed by atoms with E-state index in [2.05, 4.69) is 5.32 Å². The van der Waals surface area contributed by atoms with Crippen LogP contribution in [0.15, 0.2) is 24.3 Å².